The smallest absolute Gasteiger partial charge is 0.261 e. The summed E-state index contributed by atoms with van der Waals surface area (Å²) in [7, 11) is 0.831. The second-order valence-electron chi connectivity index (χ2n) is 7.35. The minimum absolute atomic E-state index is 0.192. The lowest BCUT2D eigenvalue weighted by Crippen LogP contribution is -2.45. The van der Waals surface area contributed by atoms with Gasteiger partial charge in [-0.1, -0.05) is 6.42 Å². The van der Waals surface area contributed by atoms with E-state index in [1.807, 2.05) is 13.2 Å². The minimum atomic E-state index is -0.982. The number of aryl methyl sites for hydroxylation is 3. The molecule has 0 radical (unpaired) electrons. The molecule has 2 atom stereocenters. The standard InChI is InChI=1S/C19H24N4O3S/c1-22-11-14(10-20-22)17-12-27(26)8-7-23(17)19(25)15-9-13-5-3-2-4-6-16(13)21-18(15)24/h9-11,17H,2-8,12H2,1H3,(H,21,24). The molecule has 4 rings (SSSR count). The molecule has 1 N–H and O–H groups in total. The molecule has 144 valence electrons. The van der Waals surface area contributed by atoms with Gasteiger partial charge in [-0.3, -0.25) is 18.5 Å². The molecule has 2 aromatic rings. The van der Waals surface area contributed by atoms with Crippen molar-refractivity contribution in [2.45, 2.75) is 38.1 Å². The highest BCUT2D eigenvalue weighted by atomic mass is 32.2. The Kier molecular flexibility index (Phi) is 4.99. The van der Waals surface area contributed by atoms with Crippen molar-refractivity contribution < 1.29 is 9.00 Å². The number of hydrogen-bond acceptors (Lipinski definition) is 4. The third-order valence-corrected chi connectivity index (χ3v) is 6.79. The van der Waals surface area contributed by atoms with Crippen LogP contribution in [0.3, 0.4) is 0 Å². The monoisotopic (exact) mass is 388 g/mol. The molecule has 1 saturated heterocycles. The molecule has 2 aliphatic rings. The molecule has 1 aliphatic heterocycles. The van der Waals surface area contributed by atoms with Crippen LogP contribution in [0, 0.1) is 0 Å². The molecule has 0 saturated carbocycles. The fourth-order valence-corrected chi connectivity index (χ4v) is 5.29. The predicted octanol–water partition coefficient (Wildman–Crippen LogP) is 1.32. The van der Waals surface area contributed by atoms with Crippen molar-refractivity contribution in [1.29, 1.82) is 0 Å². The van der Waals surface area contributed by atoms with E-state index in [1.54, 1.807) is 21.8 Å². The quantitative estimate of drug-likeness (QED) is 0.786. The van der Waals surface area contributed by atoms with Gasteiger partial charge in [0.2, 0.25) is 0 Å². The molecule has 1 fully saturated rings. The number of carbonyl (C=O) groups is 1. The summed E-state index contributed by atoms with van der Waals surface area (Å²) in [4.78, 5) is 30.5. The number of aromatic amines is 1. The summed E-state index contributed by atoms with van der Waals surface area (Å²) >= 11 is 0. The van der Waals surface area contributed by atoms with E-state index in [1.165, 1.54) is 0 Å². The summed E-state index contributed by atoms with van der Waals surface area (Å²) in [5, 5.41) is 4.18. The molecular formula is C19H24N4O3S. The third kappa shape index (κ3) is 3.63. The van der Waals surface area contributed by atoms with Gasteiger partial charge in [-0.05, 0) is 37.3 Å². The highest BCUT2D eigenvalue weighted by Crippen LogP contribution is 2.27. The summed E-state index contributed by atoms with van der Waals surface area (Å²) in [6.45, 7) is 0.377. The number of nitrogens with one attached hydrogen (secondary N) is 1. The Labute approximate surface area is 160 Å². The Hall–Kier alpha value is -2.22. The van der Waals surface area contributed by atoms with Gasteiger partial charge >= 0.3 is 0 Å². The van der Waals surface area contributed by atoms with E-state index in [4.69, 9.17) is 0 Å². The van der Waals surface area contributed by atoms with E-state index >= 15 is 0 Å². The van der Waals surface area contributed by atoms with E-state index in [-0.39, 0.29) is 23.1 Å². The summed E-state index contributed by atoms with van der Waals surface area (Å²) in [6.07, 6.45) is 8.58. The van der Waals surface area contributed by atoms with Crippen LogP contribution in [0.1, 0.15) is 52.5 Å². The second kappa shape index (κ2) is 7.42. The van der Waals surface area contributed by atoms with E-state index in [0.29, 0.717) is 18.1 Å². The molecule has 8 heteroatoms. The van der Waals surface area contributed by atoms with Crippen molar-refractivity contribution in [3.63, 3.8) is 0 Å². The zero-order valence-electron chi connectivity index (χ0n) is 15.4. The fraction of sp³-hybridized carbons (Fsp3) is 0.526. The van der Waals surface area contributed by atoms with Crippen LogP contribution >= 0.6 is 0 Å². The number of aromatic nitrogens is 3. The van der Waals surface area contributed by atoms with Crippen LogP contribution in [-0.4, -0.2) is 47.8 Å². The van der Waals surface area contributed by atoms with E-state index < -0.39 is 10.8 Å². The van der Waals surface area contributed by atoms with Crippen molar-refractivity contribution in [2.75, 3.05) is 18.1 Å². The van der Waals surface area contributed by atoms with Gasteiger partial charge in [-0.25, -0.2) is 0 Å². The van der Waals surface area contributed by atoms with Crippen molar-refractivity contribution in [3.8, 4) is 0 Å². The zero-order chi connectivity index (χ0) is 19.0. The zero-order valence-corrected chi connectivity index (χ0v) is 16.3. The summed E-state index contributed by atoms with van der Waals surface area (Å²) in [6, 6.07) is 1.47. The Morgan fingerprint density at radius 1 is 1.30 bits per heavy atom. The molecular weight excluding hydrogens is 364 g/mol. The highest BCUT2D eigenvalue weighted by Gasteiger charge is 2.33. The Morgan fingerprint density at radius 3 is 2.89 bits per heavy atom. The summed E-state index contributed by atoms with van der Waals surface area (Å²) in [5.41, 5.74) is 2.77. The highest BCUT2D eigenvalue weighted by molar-refractivity contribution is 7.85. The van der Waals surface area contributed by atoms with Crippen LogP contribution in [0.25, 0.3) is 0 Å². The lowest BCUT2D eigenvalue weighted by atomic mass is 10.0. The van der Waals surface area contributed by atoms with Gasteiger partial charge in [0, 0.05) is 53.4 Å². The number of amides is 1. The molecule has 0 aromatic carbocycles. The number of nitrogens with zero attached hydrogens (tertiary/aromatic N) is 3. The maximum Gasteiger partial charge on any atom is 0.261 e. The number of H-pyrrole nitrogens is 1. The minimum Gasteiger partial charge on any atom is -0.329 e. The average molecular weight is 388 g/mol. The third-order valence-electron chi connectivity index (χ3n) is 5.47. The van der Waals surface area contributed by atoms with Crippen molar-refractivity contribution in [3.05, 3.63) is 51.2 Å². The van der Waals surface area contributed by atoms with Gasteiger partial charge in [0.15, 0.2) is 0 Å². The van der Waals surface area contributed by atoms with Crippen molar-refractivity contribution in [1.82, 2.24) is 19.7 Å². The van der Waals surface area contributed by atoms with Crippen LogP contribution in [0.15, 0.2) is 23.3 Å². The predicted molar refractivity (Wildman–Crippen MR) is 103 cm³/mol. The van der Waals surface area contributed by atoms with Crippen molar-refractivity contribution in [2.24, 2.45) is 7.05 Å². The van der Waals surface area contributed by atoms with Crippen LogP contribution in [0.5, 0.6) is 0 Å². The molecule has 27 heavy (non-hydrogen) atoms. The number of pyridine rings is 1. The Morgan fingerprint density at radius 2 is 2.11 bits per heavy atom. The van der Waals surface area contributed by atoms with Gasteiger partial charge in [0.25, 0.3) is 11.5 Å². The summed E-state index contributed by atoms with van der Waals surface area (Å²) < 4.78 is 13.8. The SMILES string of the molecule is Cn1cc(C2CS(=O)CCN2C(=O)c2cc3c([nH]c2=O)CCCCC3)cn1. The van der Waals surface area contributed by atoms with Gasteiger partial charge in [-0.2, -0.15) is 5.10 Å². The molecule has 0 bridgehead atoms. The van der Waals surface area contributed by atoms with Gasteiger partial charge < -0.3 is 9.88 Å². The summed E-state index contributed by atoms with van der Waals surface area (Å²) in [5.74, 6) is 0.528. The molecule has 1 amide bonds. The van der Waals surface area contributed by atoms with Gasteiger partial charge in [0.05, 0.1) is 12.2 Å². The molecule has 2 aromatic heterocycles. The number of carbonyl (C=O) groups excluding carboxylic acids is 1. The molecule has 0 spiro atoms. The molecule has 1 aliphatic carbocycles. The maximum absolute atomic E-state index is 13.3. The number of rotatable bonds is 2. The molecule has 3 heterocycles. The molecule has 7 nitrogen and oxygen atoms in total. The van der Waals surface area contributed by atoms with Gasteiger partial charge in [0.1, 0.15) is 5.56 Å². The van der Waals surface area contributed by atoms with E-state index in [0.717, 1.165) is 48.9 Å². The van der Waals surface area contributed by atoms with E-state index in [9.17, 15) is 13.8 Å². The largest absolute Gasteiger partial charge is 0.329 e. The lowest BCUT2D eigenvalue weighted by Gasteiger charge is -2.34. The second-order valence-corrected chi connectivity index (χ2v) is 8.97. The first-order valence-electron chi connectivity index (χ1n) is 9.42. The van der Waals surface area contributed by atoms with Gasteiger partial charge in [-0.15, -0.1) is 0 Å². The van der Waals surface area contributed by atoms with Crippen LogP contribution in [0.4, 0.5) is 0 Å². The Balaban J connectivity index is 1.69. The first kappa shape index (κ1) is 18.2. The average Bonchev–Trinajstić information content (AvgIpc) is 2.95. The van der Waals surface area contributed by atoms with Crippen molar-refractivity contribution >= 4 is 16.7 Å². The maximum atomic E-state index is 13.3. The lowest BCUT2D eigenvalue weighted by molar-refractivity contribution is 0.0697. The van der Waals surface area contributed by atoms with E-state index in [2.05, 4.69) is 10.1 Å². The first-order chi connectivity index (χ1) is 13.0. The fourth-order valence-electron chi connectivity index (χ4n) is 4.00. The first-order valence-corrected chi connectivity index (χ1v) is 10.9. The van der Waals surface area contributed by atoms with Crippen LogP contribution in [0.2, 0.25) is 0 Å². The van der Waals surface area contributed by atoms with Crippen LogP contribution in [-0.2, 0) is 30.7 Å². The topological polar surface area (TPSA) is 88.1 Å². The Bertz CT molecular complexity index is 949. The normalized spacial score (nSPS) is 22.9. The number of fused-ring (bicyclic) bond motifs is 1. The van der Waals surface area contributed by atoms with Crippen LogP contribution < -0.4 is 5.56 Å². The number of hydrogen-bond donors (Lipinski definition) is 1. The molecule has 2 unspecified atom stereocenters.